The molecule has 3 N–H and O–H groups in total. The zero-order valence-corrected chi connectivity index (χ0v) is 18.3. The molecule has 4 nitrogen and oxygen atoms in total. The van der Waals surface area contributed by atoms with Gasteiger partial charge in [0.15, 0.2) is 0 Å². The molecule has 2 saturated carbocycles. The Labute approximate surface area is 176 Å². The molecular formula is C23H32BrNO3. The number of alkyl halides is 1. The first-order valence-electron chi connectivity index (χ1n) is 10.7. The molecule has 5 heteroatoms. The van der Waals surface area contributed by atoms with E-state index in [-0.39, 0.29) is 11.3 Å². The molecule has 4 rings (SSSR count). The van der Waals surface area contributed by atoms with Crippen molar-refractivity contribution >= 4 is 21.8 Å². The van der Waals surface area contributed by atoms with Crippen molar-refractivity contribution in [1.29, 1.82) is 0 Å². The predicted octanol–water partition coefficient (Wildman–Crippen LogP) is 4.27. The molecule has 5 atom stereocenters. The molecule has 1 aromatic carbocycles. The van der Waals surface area contributed by atoms with Crippen molar-refractivity contribution in [1.82, 2.24) is 5.32 Å². The molecule has 1 amide bonds. The molecule has 3 aliphatic rings. The first-order valence-corrected chi connectivity index (χ1v) is 11.9. The van der Waals surface area contributed by atoms with Crippen LogP contribution in [-0.2, 0) is 11.2 Å². The van der Waals surface area contributed by atoms with Gasteiger partial charge in [-0.2, -0.15) is 0 Å². The highest BCUT2D eigenvalue weighted by Crippen LogP contribution is 2.65. The highest BCUT2D eigenvalue weighted by molar-refractivity contribution is 9.09. The largest absolute Gasteiger partial charge is 0.508 e. The van der Waals surface area contributed by atoms with Crippen LogP contribution in [0.1, 0.15) is 68.9 Å². The summed E-state index contributed by atoms with van der Waals surface area (Å²) in [4.78, 5) is 11.4. The Morgan fingerprint density at radius 1 is 1.29 bits per heavy atom. The van der Waals surface area contributed by atoms with Gasteiger partial charge < -0.3 is 15.5 Å². The number of phenols is 1. The summed E-state index contributed by atoms with van der Waals surface area (Å²) in [6.07, 6.45) is 7.97. The van der Waals surface area contributed by atoms with Crippen LogP contribution < -0.4 is 5.32 Å². The number of phenolic OH excluding ortho intramolecular Hbond substituents is 1. The average Bonchev–Trinajstić information content (AvgIpc) is 2.96. The summed E-state index contributed by atoms with van der Waals surface area (Å²) >= 11 is 3.17. The maximum Gasteiger partial charge on any atom is 0.230 e. The van der Waals surface area contributed by atoms with E-state index >= 15 is 0 Å². The van der Waals surface area contributed by atoms with Gasteiger partial charge in [0.05, 0.1) is 10.9 Å². The number of aryl methyl sites for hydroxylation is 1. The summed E-state index contributed by atoms with van der Waals surface area (Å²) in [7, 11) is 0. The number of benzene rings is 1. The smallest absolute Gasteiger partial charge is 0.230 e. The number of rotatable bonds is 5. The van der Waals surface area contributed by atoms with Gasteiger partial charge in [0.2, 0.25) is 5.91 Å². The van der Waals surface area contributed by atoms with Crippen molar-refractivity contribution in [3.63, 3.8) is 0 Å². The number of aliphatic hydroxyl groups is 1. The monoisotopic (exact) mass is 449 g/mol. The van der Waals surface area contributed by atoms with E-state index < -0.39 is 5.60 Å². The number of fused-ring (bicyclic) bond motifs is 5. The molecule has 0 aliphatic heterocycles. The Morgan fingerprint density at radius 2 is 2.11 bits per heavy atom. The first kappa shape index (κ1) is 20.2. The lowest BCUT2D eigenvalue weighted by Crippen LogP contribution is -2.51. The Morgan fingerprint density at radius 3 is 2.89 bits per heavy atom. The number of halogens is 1. The molecule has 2 fully saturated rings. The van der Waals surface area contributed by atoms with Gasteiger partial charge in [-0.25, -0.2) is 0 Å². The second kappa shape index (κ2) is 7.64. The van der Waals surface area contributed by atoms with Crippen molar-refractivity contribution < 1.29 is 15.0 Å². The van der Waals surface area contributed by atoms with Crippen LogP contribution in [0.15, 0.2) is 18.2 Å². The molecule has 0 unspecified atom stereocenters. The topological polar surface area (TPSA) is 69.6 Å². The molecule has 1 aromatic rings. The summed E-state index contributed by atoms with van der Waals surface area (Å²) in [5.41, 5.74) is 2.11. The van der Waals surface area contributed by atoms with Crippen molar-refractivity contribution in [2.24, 2.45) is 17.3 Å². The maximum absolute atomic E-state index is 11.6. The van der Waals surface area contributed by atoms with Crippen LogP contribution in [0, 0.1) is 17.3 Å². The second-order valence-electron chi connectivity index (χ2n) is 9.41. The van der Waals surface area contributed by atoms with Gasteiger partial charge in [-0.1, -0.05) is 28.9 Å². The van der Waals surface area contributed by atoms with Crippen LogP contribution >= 0.6 is 15.9 Å². The van der Waals surface area contributed by atoms with E-state index in [1.807, 2.05) is 12.1 Å². The van der Waals surface area contributed by atoms with Crippen LogP contribution in [0.5, 0.6) is 5.75 Å². The predicted molar refractivity (Wildman–Crippen MR) is 114 cm³/mol. The normalized spacial score (nSPS) is 36.3. The molecule has 3 aliphatic carbocycles. The lowest BCUT2D eigenvalue weighted by Gasteiger charge is -2.53. The SMILES string of the molecule is C[C@]12CC[C@@H]3c4ccc(O)cc4CC[C@H]3[C@@H]1CC[C@@]2(O)CCCNC(=O)CBr. The molecule has 0 saturated heterocycles. The minimum Gasteiger partial charge on any atom is -0.508 e. The van der Waals surface area contributed by atoms with E-state index in [1.165, 1.54) is 17.5 Å². The van der Waals surface area contributed by atoms with Gasteiger partial charge in [0.1, 0.15) is 5.75 Å². The molecule has 0 radical (unpaired) electrons. The van der Waals surface area contributed by atoms with E-state index in [0.717, 1.165) is 44.9 Å². The first-order chi connectivity index (χ1) is 13.4. The third-order valence-electron chi connectivity index (χ3n) is 8.24. The Kier molecular flexibility index (Phi) is 5.51. The van der Waals surface area contributed by atoms with E-state index in [2.05, 4.69) is 34.2 Å². The summed E-state index contributed by atoms with van der Waals surface area (Å²) in [5.74, 6) is 2.16. The fraction of sp³-hybridized carbons (Fsp3) is 0.696. The van der Waals surface area contributed by atoms with Crippen LogP contribution in [0.4, 0.5) is 0 Å². The van der Waals surface area contributed by atoms with Crippen LogP contribution in [0.3, 0.4) is 0 Å². The van der Waals surface area contributed by atoms with Crippen LogP contribution in [0.2, 0.25) is 0 Å². The van der Waals surface area contributed by atoms with E-state index in [1.54, 1.807) is 0 Å². The summed E-state index contributed by atoms with van der Waals surface area (Å²) in [6.45, 7) is 2.96. The molecule has 154 valence electrons. The summed E-state index contributed by atoms with van der Waals surface area (Å²) < 4.78 is 0. The molecule has 0 bridgehead atoms. The number of aromatic hydroxyl groups is 1. The quantitative estimate of drug-likeness (QED) is 0.464. The van der Waals surface area contributed by atoms with Gasteiger partial charge in [0, 0.05) is 6.54 Å². The lowest BCUT2D eigenvalue weighted by atomic mass is 9.53. The third-order valence-corrected chi connectivity index (χ3v) is 8.75. The van der Waals surface area contributed by atoms with Gasteiger partial charge in [0.25, 0.3) is 0 Å². The van der Waals surface area contributed by atoms with Crippen LogP contribution in [-0.4, -0.2) is 33.6 Å². The lowest BCUT2D eigenvalue weighted by molar-refractivity contribution is -0.119. The molecule has 0 heterocycles. The summed E-state index contributed by atoms with van der Waals surface area (Å²) in [5, 5.41) is 24.7. The number of carbonyl (C=O) groups is 1. The number of hydrogen-bond acceptors (Lipinski definition) is 3. The van der Waals surface area contributed by atoms with E-state index in [0.29, 0.717) is 35.4 Å². The molecular weight excluding hydrogens is 418 g/mol. The Bertz CT molecular complexity index is 753. The number of amides is 1. The zero-order valence-electron chi connectivity index (χ0n) is 16.7. The molecule has 0 spiro atoms. The number of hydrogen-bond donors (Lipinski definition) is 3. The minimum atomic E-state index is -0.614. The van der Waals surface area contributed by atoms with Gasteiger partial charge in [-0.3, -0.25) is 4.79 Å². The molecule has 0 aromatic heterocycles. The number of carbonyl (C=O) groups excluding carboxylic acids is 1. The standard InChI is InChI=1S/C23H32BrNO3/c1-22-10-7-18-17-6-4-16(26)13-15(17)3-5-19(18)20(22)8-11-23(22,28)9-2-12-25-21(27)14-24/h4,6,13,18-20,26,28H,2-3,5,7-12,14H2,1H3,(H,25,27)/t18-,19-,20+,22+,23+/m1/s1. The van der Waals surface area contributed by atoms with Crippen molar-refractivity contribution in [2.75, 3.05) is 11.9 Å². The zero-order chi connectivity index (χ0) is 19.9. The molecule has 28 heavy (non-hydrogen) atoms. The van der Waals surface area contributed by atoms with Gasteiger partial charge >= 0.3 is 0 Å². The van der Waals surface area contributed by atoms with Crippen molar-refractivity contribution in [2.45, 2.75) is 69.8 Å². The fourth-order valence-electron chi connectivity index (χ4n) is 6.75. The van der Waals surface area contributed by atoms with Crippen molar-refractivity contribution in [3.05, 3.63) is 29.3 Å². The second-order valence-corrected chi connectivity index (χ2v) is 9.97. The Balaban J connectivity index is 1.47. The van der Waals surface area contributed by atoms with Gasteiger partial charge in [-0.05, 0) is 97.8 Å². The highest BCUT2D eigenvalue weighted by Gasteiger charge is 2.60. The van der Waals surface area contributed by atoms with Gasteiger partial charge in [-0.15, -0.1) is 0 Å². The Hall–Kier alpha value is -1.07. The van der Waals surface area contributed by atoms with E-state index in [4.69, 9.17) is 0 Å². The van der Waals surface area contributed by atoms with Crippen molar-refractivity contribution in [3.8, 4) is 5.75 Å². The number of nitrogens with one attached hydrogen (secondary N) is 1. The third kappa shape index (κ3) is 3.28. The highest BCUT2D eigenvalue weighted by atomic mass is 79.9. The average molecular weight is 450 g/mol. The summed E-state index contributed by atoms with van der Waals surface area (Å²) in [6, 6.07) is 5.92. The maximum atomic E-state index is 11.6. The van der Waals surface area contributed by atoms with E-state index in [9.17, 15) is 15.0 Å². The fourth-order valence-corrected chi connectivity index (χ4v) is 6.94. The minimum absolute atomic E-state index is 0.00918. The van der Waals surface area contributed by atoms with Crippen LogP contribution in [0.25, 0.3) is 0 Å².